The van der Waals surface area contributed by atoms with Crippen LogP contribution in [0.3, 0.4) is 0 Å². The van der Waals surface area contributed by atoms with E-state index < -0.39 is 31.5 Å². The van der Waals surface area contributed by atoms with Crippen LogP contribution < -0.4 is 21.4 Å². The van der Waals surface area contributed by atoms with Crippen LogP contribution in [0.1, 0.15) is 22.2 Å². The molecule has 1 atom stereocenters. The maximum absolute atomic E-state index is 14.7. The number of amides is 2. The molecule has 0 aliphatic rings. The molecule has 4 aromatic rings. The Bertz CT molecular complexity index is 1450. The number of aromatic nitrogens is 3. The van der Waals surface area contributed by atoms with Crippen LogP contribution in [0.2, 0.25) is 19.6 Å². The number of halogens is 1. The number of carbonyl (C=O) groups excluding carboxylic acids is 2. The molecule has 0 fully saturated rings. The predicted molar refractivity (Wildman–Crippen MR) is 128 cm³/mol. The van der Waals surface area contributed by atoms with Crippen molar-refractivity contribution in [3.8, 4) is 0 Å². The average molecular weight is 482 g/mol. The number of aryl methyl sites for hydroxylation is 1. The monoisotopic (exact) mass is 481 g/mol. The van der Waals surface area contributed by atoms with Crippen molar-refractivity contribution in [3.63, 3.8) is 0 Å². The molecule has 0 bridgehead atoms. The number of rotatable bonds is 6. The first-order chi connectivity index (χ1) is 16.0. The van der Waals surface area contributed by atoms with Gasteiger partial charge in [-0.05, 0) is 35.0 Å². The quantitative estimate of drug-likeness (QED) is 0.366. The van der Waals surface area contributed by atoms with Gasteiger partial charge in [-0.15, -0.1) is 0 Å². The first-order valence-corrected chi connectivity index (χ1v) is 14.0. The molecule has 0 radical (unpaired) electrons. The summed E-state index contributed by atoms with van der Waals surface area (Å²) >= 11 is 0. The highest BCUT2D eigenvalue weighted by Crippen LogP contribution is 2.23. The van der Waals surface area contributed by atoms with Crippen molar-refractivity contribution in [1.29, 1.82) is 0 Å². The fourth-order valence-electron chi connectivity index (χ4n) is 3.67. The number of anilines is 1. The van der Waals surface area contributed by atoms with Gasteiger partial charge in [-0.1, -0.05) is 31.8 Å². The highest BCUT2D eigenvalue weighted by Gasteiger charge is 2.27. The number of hydrogen-bond acceptors (Lipinski definition) is 5. The maximum atomic E-state index is 14.7. The van der Waals surface area contributed by atoms with Gasteiger partial charge in [0.25, 0.3) is 17.4 Å². The van der Waals surface area contributed by atoms with Crippen molar-refractivity contribution in [2.45, 2.75) is 25.7 Å². The molecular weight excluding hydrogens is 457 g/mol. The van der Waals surface area contributed by atoms with Crippen LogP contribution in [0.4, 0.5) is 10.1 Å². The topological polar surface area (TPSA) is 122 Å². The minimum Gasteiger partial charge on any atom is -0.373 e. The van der Waals surface area contributed by atoms with Gasteiger partial charge in [0.1, 0.15) is 11.9 Å². The highest BCUT2D eigenvalue weighted by molar-refractivity contribution is 6.88. The molecule has 1 unspecified atom stereocenters. The molecule has 34 heavy (non-hydrogen) atoms. The zero-order chi connectivity index (χ0) is 24.6. The van der Waals surface area contributed by atoms with Gasteiger partial charge in [0.2, 0.25) is 5.76 Å². The first-order valence-electron chi connectivity index (χ1n) is 10.5. The SMILES string of the molecule is Cn1ncc2cc(C(NC(=O)c3cc(=O)[nH]o3)C(=O)Nc3ccc([Si](C)(C)C)c(F)c3)ccc21. The van der Waals surface area contributed by atoms with Gasteiger partial charge in [-0.3, -0.25) is 19.1 Å². The number of nitrogens with one attached hydrogen (secondary N) is 3. The number of fused-ring (bicyclic) bond motifs is 1. The predicted octanol–water partition coefficient (Wildman–Crippen LogP) is 2.65. The third-order valence-electron chi connectivity index (χ3n) is 5.43. The Kier molecular flexibility index (Phi) is 5.96. The largest absolute Gasteiger partial charge is 0.373 e. The first kappa shape index (κ1) is 23.2. The van der Waals surface area contributed by atoms with Crippen LogP contribution in [-0.2, 0) is 11.8 Å². The van der Waals surface area contributed by atoms with Gasteiger partial charge in [-0.25, -0.2) is 4.39 Å². The lowest BCUT2D eigenvalue weighted by molar-refractivity contribution is -0.118. The van der Waals surface area contributed by atoms with Crippen molar-refractivity contribution < 1.29 is 18.5 Å². The van der Waals surface area contributed by atoms with Crippen LogP contribution in [0.15, 0.2) is 58.0 Å². The standard InChI is InChI=1S/C23H24FN5O4Si/c1-29-17-7-5-13(9-14(17)12-25-29)21(27-22(31)18-11-20(30)28-33-18)23(32)26-15-6-8-19(16(24)10-15)34(2,3)4/h5-12,21H,1-4H3,(H,26,32)(H,27,31)(H,28,30). The van der Waals surface area contributed by atoms with Crippen LogP contribution in [0.5, 0.6) is 0 Å². The number of benzene rings is 2. The van der Waals surface area contributed by atoms with E-state index in [1.165, 1.54) is 6.07 Å². The molecule has 11 heteroatoms. The van der Waals surface area contributed by atoms with Crippen molar-refractivity contribution >= 4 is 41.7 Å². The lowest BCUT2D eigenvalue weighted by Crippen LogP contribution is -2.40. The summed E-state index contributed by atoms with van der Waals surface area (Å²) in [5.41, 5.74) is 0.999. The molecule has 4 rings (SSSR count). The number of carbonyl (C=O) groups is 2. The lowest BCUT2D eigenvalue weighted by Gasteiger charge is -2.20. The van der Waals surface area contributed by atoms with E-state index in [9.17, 15) is 18.8 Å². The second-order valence-electron chi connectivity index (χ2n) is 9.00. The fourth-order valence-corrected chi connectivity index (χ4v) is 5.05. The second kappa shape index (κ2) is 8.75. The summed E-state index contributed by atoms with van der Waals surface area (Å²) in [4.78, 5) is 37.3. The Morgan fingerprint density at radius 3 is 2.56 bits per heavy atom. The Morgan fingerprint density at radius 2 is 1.91 bits per heavy atom. The van der Waals surface area contributed by atoms with E-state index in [2.05, 4.69) is 15.7 Å². The summed E-state index contributed by atoms with van der Waals surface area (Å²) < 4.78 is 21.2. The van der Waals surface area contributed by atoms with E-state index in [1.807, 2.05) is 24.8 Å². The summed E-state index contributed by atoms with van der Waals surface area (Å²) in [6.07, 6.45) is 1.64. The van der Waals surface area contributed by atoms with E-state index in [0.29, 0.717) is 10.8 Å². The maximum Gasteiger partial charge on any atom is 0.290 e. The van der Waals surface area contributed by atoms with Crippen molar-refractivity contribution in [1.82, 2.24) is 20.3 Å². The molecule has 3 N–H and O–H groups in total. The minimum absolute atomic E-state index is 0.263. The van der Waals surface area contributed by atoms with Gasteiger partial charge < -0.3 is 15.2 Å². The molecule has 0 spiro atoms. The molecule has 0 aliphatic carbocycles. The number of hydrogen-bond donors (Lipinski definition) is 3. The van der Waals surface area contributed by atoms with Crippen LogP contribution in [0.25, 0.3) is 10.9 Å². The van der Waals surface area contributed by atoms with Crippen LogP contribution in [-0.4, -0.2) is 34.8 Å². The fraction of sp³-hybridized carbons (Fsp3) is 0.217. The summed E-state index contributed by atoms with van der Waals surface area (Å²) in [7, 11) is -0.0959. The molecule has 9 nitrogen and oxygen atoms in total. The molecule has 2 aromatic carbocycles. The molecular formula is C23H24FN5O4Si. The number of aromatic amines is 1. The third-order valence-corrected chi connectivity index (χ3v) is 7.45. The van der Waals surface area contributed by atoms with E-state index in [0.717, 1.165) is 17.0 Å². The van der Waals surface area contributed by atoms with E-state index in [-0.39, 0.29) is 17.3 Å². The molecule has 176 valence electrons. The van der Waals surface area contributed by atoms with Crippen molar-refractivity contribution in [2.24, 2.45) is 7.05 Å². The molecule has 2 heterocycles. The van der Waals surface area contributed by atoms with Crippen LogP contribution in [0, 0.1) is 5.82 Å². The normalized spacial score (nSPS) is 12.5. The van der Waals surface area contributed by atoms with Gasteiger partial charge in [0, 0.05) is 18.1 Å². The molecule has 0 aliphatic heterocycles. The highest BCUT2D eigenvalue weighted by atomic mass is 28.3. The van der Waals surface area contributed by atoms with Crippen molar-refractivity contribution in [3.05, 3.63) is 76.2 Å². The van der Waals surface area contributed by atoms with Crippen LogP contribution >= 0.6 is 0 Å². The number of nitrogens with zero attached hydrogens (tertiary/aromatic N) is 2. The average Bonchev–Trinajstić information content (AvgIpc) is 3.36. The molecule has 0 saturated carbocycles. The molecule has 2 aromatic heterocycles. The number of H-pyrrole nitrogens is 1. The van der Waals surface area contributed by atoms with Gasteiger partial charge in [0.15, 0.2) is 0 Å². The second-order valence-corrected chi connectivity index (χ2v) is 14.0. The summed E-state index contributed by atoms with van der Waals surface area (Å²) in [5.74, 6) is -2.00. The summed E-state index contributed by atoms with van der Waals surface area (Å²) in [6, 6.07) is 9.63. The third kappa shape index (κ3) is 4.69. The summed E-state index contributed by atoms with van der Waals surface area (Å²) in [6.45, 7) is 6.09. The molecule has 0 saturated heterocycles. The Labute approximate surface area is 194 Å². The molecule has 2 amide bonds. The van der Waals surface area contributed by atoms with E-state index in [1.54, 1.807) is 48.3 Å². The minimum atomic E-state index is -1.89. The Balaban J connectivity index is 1.66. The zero-order valence-electron chi connectivity index (χ0n) is 19.1. The summed E-state index contributed by atoms with van der Waals surface area (Å²) in [5, 5.41) is 12.9. The van der Waals surface area contributed by atoms with E-state index in [4.69, 9.17) is 4.52 Å². The van der Waals surface area contributed by atoms with Gasteiger partial charge >= 0.3 is 0 Å². The van der Waals surface area contributed by atoms with Gasteiger partial charge in [-0.2, -0.15) is 10.3 Å². The smallest absolute Gasteiger partial charge is 0.290 e. The Morgan fingerprint density at radius 1 is 1.15 bits per heavy atom. The van der Waals surface area contributed by atoms with Gasteiger partial charge in [0.05, 0.1) is 25.9 Å². The zero-order valence-corrected chi connectivity index (χ0v) is 20.1. The van der Waals surface area contributed by atoms with E-state index >= 15 is 0 Å². The lowest BCUT2D eigenvalue weighted by atomic mass is 10.0. The Hall–Kier alpha value is -3.99. The van der Waals surface area contributed by atoms with Crippen molar-refractivity contribution in [2.75, 3.05) is 5.32 Å².